The summed E-state index contributed by atoms with van der Waals surface area (Å²) in [5.74, 6) is -1.15. The summed E-state index contributed by atoms with van der Waals surface area (Å²) in [6.07, 6.45) is 1.82. The zero-order valence-corrected chi connectivity index (χ0v) is 13.1. The second-order valence-corrected chi connectivity index (χ2v) is 5.53. The van der Waals surface area contributed by atoms with Crippen LogP contribution in [0.15, 0.2) is 10.6 Å². The third-order valence-electron chi connectivity index (χ3n) is 4.29. The number of carbonyl (C=O) groups excluding carboxylic acids is 1. The molecular weight excluding hydrogens is 288 g/mol. The highest BCUT2D eigenvalue weighted by Gasteiger charge is 2.41. The molecule has 1 fully saturated rings. The van der Waals surface area contributed by atoms with Gasteiger partial charge in [0.1, 0.15) is 6.04 Å². The first-order valence-electron chi connectivity index (χ1n) is 7.54. The van der Waals surface area contributed by atoms with E-state index in [1.165, 1.54) is 12.0 Å². The fraction of sp³-hybridized carbons (Fsp3) is 0.667. The normalized spacial score (nSPS) is 21.5. The van der Waals surface area contributed by atoms with Gasteiger partial charge in [-0.15, -0.1) is 0 Å². The van der Waals surface area contributed by atoms with Gasteiger partial charge in [-0.3, -0.25) is 4.79 Å². The number of carboxylic acid groups (broad SMARTS) is 1. The number of hydrogen-bond donors (Lipinski definition) is 1. The summed E-state index contributed by atoms with van der Waals surface area (Å²) < 4.78 is 10.3. The Morgan fingerprint density at radius 2 is 2.18 bits per heavy atom. The van der Waals surface area contributed by atoms with Crippen molar-refractivity contribution < 1.29 is 24.0 Å². The fourth-order valence-corrected chi connectivity index (χ4v) is 2.86. The first kappa shape index (κ1) is 16.5. The number of likely N-dealkylation sites (tertiary alicyclic amines) is 1. The Morgan fingerprint density at radius 1 is 1.50 bits per heavy atom. The van der Waals surface area contributed by atoms with Crippen LogP contribution in [-0.2, 0) is 9.53 Å². The summed E-state index contributed by atoms with van der Waals surface area (Å²) in [5.41, 5.74) is 0.739. The molecule has 22 heavy (non-hydrogen) atoms. The Hall–Kier alpha value is -1.89. The summed E-state index contributed by atoms with van der Waals surface area (Å²) in [4.78, 5) is 25.1. The molecule has 1 N–H and O–H groups in total. The molecule has 7 nitrogen and oxygen atoms in total. The number of aromatic nitrogens is 1. The minimum absolute atomic E-state index is 0.0879. The monoisotopic (exact) mass is 310 g/mol. The molecule has 0 saturated carbocycles. The van der Waals surface area contributed by atoms with Crippen molar-refractivity contribution in [1.82, 2.24) is 10.1 Å². The van der Waals surface area contributed by atoms with Crippen LogP contribution in [0.4, 0.5) is 0 Å². The number of carboxylic acids is 1. The molecule has 122 valence electrons. The standard InChI is InChI=1S/C15H22N2O5/c1-4-9(5-2)11-7-13(22-16-11)14(18)17-8-10(21-3)6-12(17)15(19)20/h7,9-10,12H,4-6,8H2,1-3H3,(H,19,20). The van der Waals surface area contributed by atoms with E-state index in [2.05, 4.69) is 19.0 Å². The predicted molar refractivity (Wildman–Crippen MR) is 77.7 cm³/mol. The average molecular weight is 310 g/mol. The van der Waals surface area contributed by atoms with Gasteiger partial charge in [-0.1, -0.05) is 19.0 Å². The van der Waals surface area contributed by atoms with Crippen molar-refractivity contribution in [1.29, 1.82) is 0 Å². The van der Waals surface area contributed by atoms with Crippen LogP contribution in [-0.4, -0.2) is 52.8 Å². The number of aliphatic carboxylic acids is 1. The molecule has 1 aromatic heterocycles. The van der Waals surface area contributed by atoms with E-state index in [0.29, 0.717) is 0 Å². The molecule has 0 radical (unpaired) electrons. The third kappa shape index (κ3) is 3.14. The fourth-order valence-electron chi connectivity index (χ4n) is 2.86. The van der Waals surface area contributed by atoms with Crippen LogP contribution < -0.4 is 0 Å². The first-order chi connectivity index (χ1) is 10.5. The summed E-state index contributed by atoms with van der Waals surface area (Å²) in [6.45, 7) is 4.34. The van der Waals surface area contributed by atoms with Gasteiger partial charge in [0.2, 0.25) is 5.76 Å². The van der Waals surface area contributed by atoms with Crippen LogP contribution in [0.1, 0.15) is 55.3 Å². The highest BCUT2D eigenvalue weighted by Crippen LogP contribution is 2.26. The Morgan fingerprint density at radius 3 is 2.73 bits per heavy atom. The number of ether oxygens (including phenoxy) is 1. The molecule has 2 rings (SSSR count). The summed E-state index contributed by atoms with van der Waals surface area (Å²) in [6, 6.07) is 0.734. The lowest BCUT2D eigenvalue weighted by Gasteiger charge is -2.19. The van der Waals surface area contributed by atoms with Gasteiger partial charge in [0, 0.05) is 32.1 Å². The van der Waals surface area contributed by atoms with Gasteiger partial charge in [0.25, 0.3) is 5.91 Å². The van der Waals surface area contributed by atoms with Crippen molar-refractivity contribution in [3.8, 4) is 0 Å². The smallest absolute Gasteiger partial charge is 0.326 e. The van der Waals surface area contributed by atoms with Crippen molar-refractivity contribution in [3.05, 3.63) is 17.5 Å². The Kier molecular flexibility index (Phi) is 5.18. The molecule has 0 spiro atoms. The van der Waals surface area contributed by atoms with Crippen LogP contribution >= 0.6 is 0 Å². The van der Waals surface area contributed by atoms with Gasteiger partial charge < -0.3 is 19.3 Å². The molecule has 1 saturated heterocycles. The molecule has 0 bridgehead atoms. The van der Waals surface area contributed by atoms with E-state index in [1.807, 2.05) is 0 Å². The summed E-state index contributed by atoms with van der Waals surface area (Å²) in [7, 11) is 1.51. The molecule has 0 aliphatic carbocycles. The Balaban J connectivity index is 2.18. The van der Waals surface area contributed by atoms with Crippen LogP contribution in [0.5, 0.6) is 0 Å². The molecule has 1 aliphatic rings. The molecule has 2 heterocycles. The highest BCUT2D eigenvalue weighted by molar-refractivity contribution is 5.94. The topological polar surface area (TPSA) is 92.9 Å². The Labute approximate surface area is 129 Å². The second-order valence-electron chi connectivity index (χ2n) is 5.53. The Bertz CT molecular complexity index is 538. The van der Waals surface area contributed by atoms with Gasteiger partial charge in [0.15, 0.2) is 0 Å². The maximum Gasteiger partial charge on any atom is 0.326 e. The van der Waals surface area contributed by atoms with Gasteiger partial charge in [-0.2, -0.15) is 0 Å². The number of rotatable bonds is 6. The van der Waals surface area contributed by atoms with Gasteiger partial charge in [0.05, 0.1) is 11.8 Å². The van der Waals surface area contributed by atoms with E-state index in [1.54, 1.807) is 6.07 Å². The summed E-state index contributed by atoms with van der Waals surface area (Å²) in [5, 5.41) is 13.2. The largest absolute Gasteiger partial charge is 0.480 e. The van der Waals surface area contributed by atoms with Crippen molar-refractivity contribution in [2.75, 3.05) is 13.7 Å². The first-order valence-corrected chi connectivity index (χ1v) is 7.54. The number of hydrogen-bond acceptors (Lipinski definition) is 5. The molecule has 1 aliphatic heterocycles. The van der Waals surface area contributed by atoms with Crippen LogP contribution in [0.3, 0.4) is 0 Å². The number of amides is 1. The molecule has 2 unspecified atom stereocenters. The molecule has 7 heteroatoms. The molecule has 1 amide bonds. The number of methoxy groups -OCH3 is 1. The van der Waals surface area contributed by atoms with Crippen LogP contribution in [0, 0.1) is 0 Å². The van der Waals surface area contributed by atoms with E-state index in [-0.39, 0.29) is 30.7 Å². The maximum absolute atomic E-state index is 12.5. The minimum Gasteiger partial charge on any atom is -0.480 e. The quantitative estimate of drug-likeness (QED) is 0.862. The SMILES string of the molecule is CCC(CC)c1cc(C(=O)N2CC(OC)CC2C(=O)O)on1. The maximum atomic E-state index is 12.5. The predicted octanol–water partition coefficient (Wildman–Crippen LogP) is 1.89. The average Bonchev–Trinajstić information content (AvgIpc) is 3.15. The van der Waals surface area contributed by atoms with Crippen molar-refractivity contribution in [2.24, 2.45) is 0 Å². The minimum atomic E-state index is -1.03. The van der Waals surface area contributed by atoms with Crippen LogP contribution in [0.2, 0.25) is 0 Å². The van der Waals surface area contributed by atoms with Gasteiger partial charge >= 0.3 is 5.97 Å². The lowest BCUT2D eigenvalue weighted by Crippen LogP contribution is -2.40. The zero-order chi connectivity index (χ0) is 16.3. The number of nitrogens with zero attached hydrogens (tertiary/aromatic N) is 2. The second kappa shape index (κ2) is 6.91. The van der Waals surface area contributed by atoms with E-state index in [4.69, 9.17) is 9.26 Å². The van der Waals surface area contributed by atoms with E-state index < -0.39 is 17.9 Å². The summed E-state index contributed by atoms with van der Waals surface area (Å²) >= 11 is 0. The molecule has 1 aromatic rings. The van der Waals surface area contributed by atoms with E-state index in [9.17, 15) is 14.7 Å². The van der Waals surface area contributed by atoms with Crippen molar-refractivity contribution in [2.45, 2.75) is 51.2 Å². The lowest BCUT2D eigenvalue weighted by molar-refractivity contribution is -0.141. The van der Waals surface area contributed by atoms with Gasteiger partial charge in [-0.25, -0.2) is 4.79 Å². The molecule has 2 atom stereocenters. The molecule has 0 aromatic carbocycles. The van der Waals surface area contributed by atoms with Crippen molar-refractivity contribution in [3.63, 3.8) is 0 Å². The van der Waals surface area contributed by atoms with Crippen molar-refractivity contribution >= 4 is 11.9 Å². The molecular formula is C15H22N2O5. The third-order valence-corrected chi connectivity index (χ3v) is 4.29. The highest BCUT2D eigenvalue weighted by atomic mass is 16.5. The lowest BCUT2D eigenvalue weighted by atomic mass is 9.99. The van der Waals surface area contributed by atoms with E-state index in [0.717, 1.165) is 18.5 Å². The zero-order valence-electron chi connectivity index (χ0n) is 13.1. The van der Waals surface area contributed by atoms with Crippen LogP contribution in [0.25, 0.3) is 0 Å². The number of carbonyl (C=O) groups is 2. The van der Waals surface area contributed by atoms with E-state index >= 15 is 0 Å². The van der Waals surface area contributed by atoms with Gasteiger partial charge in [-0.05, 0) is 12.8 Å².